The minimum Gasteiger partial charge on any atom is -0.394 e. The van der Waals surface area contributed by atoms with E-state index in [1.165, 1.54) is 0 Å². The molecule has 1 aromatic heterocycles. The highest BCUT2D eigenvalue weighted by Crippen LogP contribution is 2.28. The zero-order valence-electron chi connectivity index (χ0n) is 11.1. The lowest BCUT2D eigenvalue weighted by atomic mass is 9.97. The smallest absolute Gasteiger partial charge is 0.175 e. The molecule has 0 aliphatic carbocycles. The van der Waals surface area contributed by atoms with Gasteiger partial charge >= 0.3 is 0 Å². The maximum Gasteiger partial charge on any atom is 0.175 e. The summed E-state index contributed by atoms with van der Waals surface area (Å²) in [7, 11) is 0. The van der Waals surface area contributed by atoms with Gasteiger partial charge < -0.3 is 10.4 Å². The van der Waals surface area contributed by atoms with Gasteiger partial charge in [-0.25, -0.2) is 0 Å². The zero-order chi connectivity index (χ0) is 13.4. The Balaban J connectivity index is 2.25. The molecule has 104 valence electrons. The summed E-state index contributed by atoms with van der Waals surface area (Å²) in [4.78, 5) is 0. The highest BCUT2D eigenvalue weighted by Gasteiger charge is 2.20. The minimum absolute atomic E-state index is 0.152. The fraction of sp³-hybridized carbons (Fsp3) is 0.818. The first-order chi connectivity index (χ1) is 8.63. The number of thioether (sulfide) groups is 2. The summed E-state index contributed by atoms with van der Waals surface area (Å²) in [6.45, 7) is 5.20. The Morgan fingerprint density at radius 3 is 2.67 bits per heavy atom. The molecule has 7 heteroatoms. The van der Waals surface area contributed by atoms with Gasteiger partial charge in [-0.1, -0.05) is 41.8 Å². The number of nitrogens with zero attached hydrogens (tertiary/aromatic N) is 2. The molecule has 0 spiro atoms. The van der Waals surface area contributed by atoms with Crippen LogP contribution in [0.25, 0.3) is 0 Å². The van der Waals surface area contributed by atoms with Crippen LogP contribution in [-0.2, 0) is 0 Å². The molecular formula is C11H21N3OS3. The minimum atomic E-state index is -0.152. The summed E-state index contributed by atoms with van der Waals surface area (Å²) < 4.78 is 2.05. The summed E-state index contributed by atoms with van der Waals surface area (Å²) in [6, 6.07) is 0. The van der Waals surface area contributed by atoms with Gasteiger partial charge in [-0.05, 0) is 32.6 Å². The van der Waals surface area contributed by atoms with E-state index in [2.05, 4.69) is 29.4 Å². The molecule has 1 atom stereocenters. The van der Waals surface area contributed by atoms with Crippen molar-refractivity contribution in [2.45, 2.75) is 40.9 Å². The normalized spacial score (nSPS) is 14.7. The Morgan fingerprint density at radius 1 is 1.39 bits per heavy atom. The van der Waals surface area contributed by atoms with Crippen molar-refractivity contribution in [3.63, 3.8) is 0 Å². The van der Waals surface area contributed by atoms with Gasteiger partial charge in [0.2, 0.25) is 0 Å². The molecule has 0 amide bonds. The van der Waals surface area contributed by atoms with Crippen molar-refractivity contribution >= 4 is 34.9 Å². The second kappa shape index (κ2) is 8.37. The van der Waals surface area contributed by atoms with Gasteiger partial charge in [0, 0.05) is 11.3 Å². The fourth-order valence-corrected chi connectivity index (χ4v) is 4.06. The van der Waals surface area contributed by atoms with Gasteiger partial charge in [-0.15, -0.1) is 10.2 Å². The highest BCUT2D eigenvalue weighted by atomic mass is 32.2. The molecule has 1 unspecified atom stereocenters. The average Bonchev–Trinajstić information content (AvgIpc) is 2.83. The lowest BCUT2D eigenvalue weighted by Gasteiger charge is -2.28. The summed E-state index contributed by atoms with van der Waals surface area (Å²) in [5, 5.41) is 20.9. The van der Waals surface area contributed by atoms with Crippen LogP contribution in [0, 0.1) is 0 Å². The summed E-state index contributed by atoms with van der Waals surface area (Å²) in [5.74, 6) is 1.02. The largest absolute Gasteiger partial charge is 0.394 e. The molecule has 2 N–H and O–H groups in total. The highest BCUT2D eigenvalue weighted by molar-refractivity contribution is 8.02. The van der Waals surface area contributed by atoms with Crippen molar-refractivity contribution in [1.29, 1.82) is 0 Å². The predicted molar refractivity (Wildman–Crippen MR) is 80.8 cm³/mol. The Hall–Kier alpha value is 0.180. The van der Waals surface area contributed by atoms with Gasteiger partial charge in [-0.3, -0.25) is 0 Å². The molecule has 4 nitrogen and oxygen atoms in total. The number of aliphatic hydroxyl groups is 1. The third-order valence-electron chi connectivity index (χ3n) is 2.61. The van der Waals surface area contributed by atoms with Gasteiger partial charge in [0.15, 0.2) is 8.68 Å². The molecule has 0 saturated carbocycles. The van der Waals surface area contributed by atoms with Crippen molar-refractivity contribution in [2.75, 3.05) is 25.2 Å². The third-order valence-corrected chi connectivity index (χ3v) is 5.73. The van der Waals surface area contributed by atoms with E-state index in [4.69, 9.17) is 0 Å². The molecule has 1 rings (SSSR count). The van der Waals surface area contributed by atoms with E-state index in [1.807, 2.05) is 6.26 Å². The summed E-state index contributed by atoms with van der Waals surface area (Å²) in [5.41, 5.74) is -0.152. The number of nitrogens with one attached hydrogen (secondary N) is 1. The Bertz CT molecular complexity index is 348. The van der Waals surface area contributed by atoms with Crippen molar-refractivity contribution in [3.8, 4) is 0 Å². The molecule has 0 aromatic carbocycles. The van der Waals surface area contributed by atoms with E-state index in [9.17, 15) is 5.11 Å². The van der Waals surface area contributed by atoms with Crippen molar-refractivity contribution in [1.82, 2.24) is 15.5 Å². The Morgan fingerprint density at radius 2 is 2.11 bits per heavy atom. The second-order valence-electron chi connectivity index (χ2n) is 4.24. The van der Waals surface area contributed by atoms with E-state index in [0.717, 1.165) is 33.8 Å². The molecule has 0 aliphatic rings. The van der Waals surface area contributed by atoms with Gasteiger partial charge in [-0.2, -0.15) is 0 Å². The predicted octanol–water partition coefficient (Wildman–Crippen LogP) is 2.49. The monoisotopic (exact) mass is 307 g/mol. The van der Waals surface area contributed by atoms with Crippen molar-refractivity contribution in [3.05, 3.63) is 0 Å². The van der Waals surface area contributed by atoms with Crippen LogP contribution in [0.2, 0.25) is 0 Å². The topological polar surface area (TPSA) is 58.0 Å². The van der Waals surface area contributed by atoms with Gasteiger partial charge in [0.1, 0.15) is 0 Å². The van der Waals surface area contributed by atoms with Crippen LogP contribution in [0.3, 0.4) is 0 Å². The van der Waals surface area contributed by atoms with Crippen LogP contribution in [0.1, 0.15) is 26.7 Å². The van der Waals surface area contributed by atoms with E-state index >= 15 is 0 Å². The number of likely N-dealkylation sites (N-methyl/N-ethyl adjacent to an activating group) is 1. The quantitative estimate of drug-likeness (QED) is 0.540. The van der Waals surface area contributed by atoms with Gasteiger partial charge in [0.25, 0.3) is 0 Å². The molecule has 0 fully saturated rings. The number of aliphatic hydroxyl groups excluding tert-OH is 1. The number of hydrogen-bond donors (Lipinski definition) is 2. The fourth-order valence-electron chi connectivity index (χ4n) is 1.61. The van der Waals surface area contributed by atoms with E-state index < -0.39 is 0 Å². The van der Waals surface area contributed by atoms with Crippen LogP contribution in [0.4, 0.5) is 0 Å². The lowest BCUT2D eigenvalue weighted by molar-refractivity contribution is 0.167. The van der Waals surface area contributed by atoms with E-state index in [1.54, 1.807) is 34.9 Å². The van der Waals surface area contributed by atoms with Crippen LogP contribution < -0.4 is 5.32 Å². The molecule has 1 heterocycles. The van der Waals surface area contributed by atoms with E-state index in [0.29, 0.717) is 0 Å². The number of rotatable bonds is 9. The molecule has 1 aromatic rings. The molecule has 0 saturated heterocycles. The van der Waals surface area contributed by atoms with Crippen LogP contribution >= 0.6 is 34.9 Å². The average molecular weight is 308 g/mol. The maximum absolute atomic E-state index is 9.38. The lowest BCUT2D eigenvalue weighted by Crippen LogP contribution is -2.45. The second-order valence-corrected chi connectivity index (χ2v) is 7.61. The summed E-state index contributed by atoms with van der Waals surface area (Å²) in [6.07, 6.45) is 4.04. The van der Waals surface area contributed by atoms with Gasteiger partial charge in [0.05, 0.1) is 6.61 Å². The molecule has 0 aliphatic heterocycles. The van der Waals surface area contributed by atoms with Crippen LogP contribution in [0.15, 0.2) is 8.68 Å². The summed E-state index contributed by atoms with van der Waals surface area (Å²) >= 11 is 5.03. The first kappa shape index (κ1) is 16.2. The van der Waals surface area contributed by atoms with Crippen LogP contribution in [0.5, 0.6) is 0 Å². The Kier molecular flexibility index (Phi) is 7.55. The SMILES string of the molecule is CCNC(C)(CO)CCCSc1nnc(SC)s1. The molecule has 0 bridgehead atoms. The number of hydrogen-bond acceptors (Lipinski definition) is 7. The zero-order valence-corrected chi connectivity index (χ0v) is 13.6. The maximum atomic E-state index is 9.38. The Labute approximate surface area is 121 Å². The van der Waals surface area contributed by atoms with Crippen LogP contribution in [-0.4, -0.2) is 46.0 Å². The molecule has 18 heavy (non-hydrogen) atoms. The standard InChI is InChI=1S/C11H21N3OS3/c1-4-12-11(2,8-15)6-5-7-17-10-14-13-9(16-3)18-10/h12,15H,4-8H2,1-3H3. The number of aromatic nitrogens is 2. The third kappa shape index (κ3) is 5.44. The first-order valence-corrected chi connectivity index (χ1v) is 9.02. The molecular weight excluding hydrogens is 286 g/mol. The molecule has 0 radical (unpaired) electrons. The van der Waals surface area contributed by atoms with E-state index in [-0.39, 0.29) is 12.1 Å². The van der Waals surface area contributed by atoms with Crippen molar-refractivity contribution < 1.29 is 5.11 Å². The first-order valence-electron chi connectivity index (χ1n) is 5.99. The van der Waals surface area contributed by atoms with Crippen molar-refractivity contribution in [2.24, 2.45) is 0 Å².